The average Bonchev–Trinajstić information content (AvgIpc) is 3.38. The van der Waals surface area contributed by atoms with Crippen molar-refractivity contribution in [3.63, 3.8) is 0 Å². The maximum absolute atomic E-state index is 13.2. The zero-order chi connectivity index (χ0) is 27.2. The molecule has 1 aliphatic rings. The van der Waals surface area contributed by atoms with Crippen LogP contribution < -0.4 is 4.74 Å². The Balaban J connectivity index is 1.41. The second-order valence-electron chi connectivity index (χ2n) is 9.92. The van der Waals surface area contributed by atoms with E-state index in [1.807, 2.05) is 68.0 Å². The van der Waals surface area contributed by atoms with Gasteiger partial charge in [-0.25, -0.2) is 0 Å². The quantitative estimate of drug-likeness (QED) is 0.404. The first-order valence-corrected chi connectivity index (χ1v) is 13.2. The number of hydrogen-bond donors (Lipinski definition) is 0. The molecular formula is C31H33N5O3. The molecule has 3 heterocycles. The minimum Gasteiger partial charge on any atom is -0.491 e. The summed E-state index contributed by atoms with van der Waals surface area (Å²) in [5.74, 6) is 0.748. The number of aryl methyl sites for hydroxylation is 2. The van der Waals surface area contributed by atoms with Crippen LogP contribution in [0.1, 0.15) is 33.5 Å². The molecule has 2 amide bonds. The summed E-state index contributed by atoms with van der Waals surface area (Å²) in [6, 6.07) is 17.8. The molecule has 39 heavy (non-hydrogen) atoms. The number of carbonyl (C=O) groups is 2. The summed E-state index contributed by atoms with van der Waals surface area (Å²) < 4.78 is 8.02. The molecular weight excluding hydrogens is 490 g/mol. The van der Waals surface area contributed by atoms with Gasteiger partial charge in [-0.05, 0) is 59.0 Å². The molecule has 0 saturated carbocycles. The Morgan fingerprint density at radius 2 is 1.82 bits per heavy atom. The molecule has 2 aromatic heterocycles. The fraction of sp³-hybridized carbons (Fsp3) is 0.290. The molecule has 0 unspecified atom stereocenters. The smallest absolute Gasteiger partial charge is 0.253 e. The van der Waals surface area contributed by atoms with Gasteiger partial charge in [0.1, 0.15) is 12.4 Å². The van der Waals surface area contributed by atoms with Crippen LogP contribution in [0.25, 0.3) is 11.1 Å². The van der Waals surface area contributed by atoms with Crippen molar-refractivity contribution in [2.45, 2.75) is 19.3 Å². The molecule has 0 atom stereocenters. The van der Waals surface area contributed by atoms with E-state index in [9.17, 15) is 9.59 Å². The maximum Gasteiger partial charge on any atom is 0.253 e. The maximum atomic E-state index is 13.2. The Labute approximate surface area is 228 Å². The molecule has 0 saturated heterocycles. The number of ether oxygens (including phenoxy) is 1. The monoisotopic (exact) mass is 523 g/mol. The molecule has 2 aromatic carbocycles. The Bertz CT molecular complexity index is 1450. The minimum absolute atomic E-state index is 0.0320. The average molecular weight is 524 g/mol. The third-order valence-corrected chi connectivity index (χ3v) is 7.03. The summed E-state index contributed by atoms with van der Waals surface area (Å²) in [5, 5.41) is 4.19. The van der Waals surface area contributed by atoms with E-state index in [0.29, 0.717) is 51.1 Å². The number of amides is 2. The predicted molar refractivity (Wildman–Crippen MR) is 149 cm³/mol. The first-order valence-electron chi connectivity index (χ1n) is 13.2. The Morgan fingerprint density at radius 1 is 0.949 bits per heavy atom. The fourth-order valence-electron chi connectivity index (χ4n) is 4.84. The number of aromatic nitrogens is 3. The molecule has 8 heteroatoms. The largest absolute Gasteiger partial charge is 0.491 e. The fourth-order valence-corrected chi connectivity index (χ4v) is 4.84. The number of benzene rings is 2. The Kier molecular flexibility index (Phi) is 8.01. The molecule has 1 aliphatic heterocycles. The molecule has 200 valence electrons. The van der Waals surface area contributed by atoms with Crippen molar-refractivity contribution in [1.82, 2.24) is 24.6 Å². The third kappa shape index (κ3) is 6.52. The number of fused-ring (bicyclic) bond motifs is 3. The van der Waals surface area contributed by atoms with Gasteiger partial charge in [0, 0.05) is 69.7 Å². The van der Waals surface area contributed by atoms with Gasteiger partial charge in [-0.3, -0.25) is 19.3 Å². The molecule has 0 N–H and O–H groups in total. The second-order valence-corrected chi connectivity index (χ2v) is 9.92. The van der Waals surface area contributed by atoms with Crippen molar-refractivity contribution in [2.24, 2.45) is 7.05 Å². The van der Waals surface area contributed by atoms with Gasteiger partial charge in [-0.15, -0.1) is 0 Å². The molecule has 0 aliphatic carbocycles. The summed E-state index contributed by atoms with van der Waals surface area (Å²) >= 11 is 0. The zero-order valence-corrected chi connectivity index (χ0v) is 22.4. The van der Waals surface area contributed by atoms with Crippen LogP contribution in [0.4, 0.5) is 0 Å². The van der Waals surface area contributed by atoms with Crippen molar-refractivity contribution < 1.29 is 14.3 Å². The molecule has 4 aromatic rings. The van der Waals surface area contributed by atoms with E-state index in [2.05, 4.69) is 16.1 Å². The van der Waals surface area contributed by atoms with Gasteiger partial charge < -0.3 is 14.5 Å². The van der Waals surface area contributed by atoms with Crippen molar-refractivity contribution in [3.05, 3.63) is 102 Å². The lowest BCUT2D eigenvalue weighted by Gasteiger charge is -2.27. The number of pyridine rings is 1. The molecule has 8 nitrogen and oxygen atoms in total. The van der Waals surface area contributed by atoms with Crippen LogP contribution in [-0.2, 0) is 24.7 Å². The Morgan fingerprint density at radius 3 is 2.62 bits per heavy atom. The Hall–Kier alpha value is -4.46. The molecule has 0 spiro atoms. The number of hydrogen-bond acceptors (Lipinski definition) is 5. The summed E-state index contributed by atoms with van der Waals surface area (Å²) in [5.41, 5.74) is 5.77. The van der Waals surface area contributed by atoms with Gasteiger partial charge in [0.15, 0.2) is 0 Å². The molecule has 0 fully saturated rings. The lowest BCUT2D eigenvalue weighted by molar-refractivity contribution is -0.131. The van der Waals surface area contributed by atoms with Gasteiger partial charge >= 0.3 is 0 Å². The van der Waals surface area contributed by atoms with Crippen molar-refractivity contribution in [1.29, 1.82) is 0 Å². The second kappa shape index (κ2) is 11.9. The number of carbonyl (C=O) groups excluding carboxylic acids is 2. The summed E-state index contributed by atoms with van der Waals surface area (Å²) in [7, 11) is 3.65. The molecule has 2 bridgehead atoms. The van der Waals surface area contributed by atoms with Crippen LogP contribution in [0, 0.1) is 0 Å². The van der Waals surface area contributed by atoms with Gasteiger partial charge in [0.2, 0.25) is 5.91 Å². The highest BCUT2D eigenvalue weighted by molar-refractivity contribution is 5.94. The highest BCUT2D eigenvalue weighted by Crippen LogP contribution is 2.29. The standard InChI is InChI=1S/C31H33N5O3/c1-34-13-14-36(30(37)11-8-24-20-33-35(2)22-24)15-16-39-29-10-9-25(27-7-4-12-32-21-27)19-28(29)18-23-5-3-6-26(17-23)31(34)38/h3-7,9-10,12,17,19-22H,8,11,13-16,18H2,1-2H3. The van der Waals surface area contributed by atoms with Crippen LogP contribution in [-0.4, -0.2) is 69.7 Å². The molecule has 5 rings (SSSR count). The SMILES string of the molecule is CN1CCN(C(=O)CCc2cnn(C)c2)CCOc2ccc(-c3cccnc3)cc2Cc2cccc(c2)C1=O. The summed E-state index contributed by atoms with van der Waals surface area (Å²) in [4.78, 5) is 34.2. The van der Waals surface area contributed by atoms with Gasteiger partial charge in [0.25, 0.3) is 5.91 Å². The van der Waals surface area contributed by atoms with Crippen LogP contribution in [0.3, 0.4) is 0 Å². The highest BCUT2D eigenvalue weighted by Gasteiger charge is 2.19. The normalized spacial score (nSPS) is 14.4. The van der Waals surface area contributed by atoms with E-state index in [0.717, 1.165) is 33.6 Å². The van der Waals surface area contributed by atoms with Crippen molar-refractivity contribution >= 4 is 11.8 Å². The lowest BCUT2D eigenvalue weighted by Crippen LogP contribution is -2.41. The lowest BCUT2D eigenvalue weighted by atomic mass is 9.98. The summed E-state index contributed by atoms with van der Waals surface area (Å²) in [6.07, 6.45) is 8.92. The van der Waals surface area contributed by atoms with Crippen molar-refractivity contribution in [3.8, 4) is 16.9 Å². The van der Waals surface area contributed by atoms with Crippen LogP contribution >= 0.6 is 0 Å². The van der Waals surface area contributed by atoms with Crippen molar-refractivity contribution in [2.75, 3.05) is 33.3 Å². The number of rotatable bonds is 4. The van der Waals surface area contributed by atoms with Crippen LogP contribution in [0.2, 0.25) is 0 Å². The summed E-state index contributed by atoms with van der Waals surface area (Å²) in [6.45, 7) is 1.66. The van der Waals surface area contributed by atoms with E-state index >= 15 is 0 Å². The topological polar surface area (TPSA) is 80.6 Å². The molecule has 0 radical (unpaired) electrons. The van der Waals surface area contributed by atoms with Crippen LogP contribution in [0.5, 0.6) is 5.75 Å². The zero-order valence-electron chi connectivity index (χ0n) is 22.4. The van der Waals surface area contributed by atoms with E-state index in [4.69, 9.17) is 4.74 Å². The first kappa shape index (κ1) is 26.2. The van der Waals surface area contributed by atoms with E-state index in [1.54, 1.807) is 33.9 Å². The van der Waals surface area contributed by atoms with E-state index in [-0.39, 0.29) is 11.8 Å². The number of nitrogens with zero attached hydrogens (tertiary/aromatic N) is 5. The number of likely N-dealkylation sites (N-methyl/N-ethyl adjacent to an activating group) is 1. The van der Waals surface area contributed by atoms with E-state index < -0.39 is 0 Å². The highest BCUT2D eigenvalue weighted by atomic mass is 16.5. The first-order chi connectivity index (χ1) is 19.0. The van der Waals surface area contributed by atoms with Crippen LogP contribution in [0.15, 0.2) is 79.4 Å². The van der Waals surface area contributed by atoms with Gasteiger partial charge in [-0.2, -0.15) is 5.10 Å². The van der Waals surface area contributed by atoms with E-state index in [1.165, 1.54) is 0 Å². The van der Waals surface area contributed by atoms with Gasteiger partial charge in [-0.1, -0.05) is 24.3 Å². The third-order valence-electron chi connectivity index (χ3n) is 7.03. The predicted octanol–water partition coefficient (Wildman–Crippen LogP) is 4.00. The van der Waals surface area contributed by atoms with Gasteiger partial charge in [0.05, 0.1) is 12.7 Å². The minimum atomic E-state index is -0.0581.